The number of rotatable bonds is 3. The number of carbonyl (C=O) groups excluding carboxylic acids is 1. The topological polar surface area (TPSA) is 46.3 Å². The van der Waals surface area contributed by atoms with Gasteiger partial charge in [0.05, 0.1) is 6.04 Å². The predicted octanol–water partition coefficient (Wildman–Crippen LogP) is 3.00. The van der Waals surface area contributed by atoms with Crippen LogP contribution in [0.5, 0.6) is 0 Å². The second-order valence-electron chi connectivity index (χ2n) is 5.11. The molecule has 2 N–H and O–H groups in total. The Kier molecular flexibility index (Phi) is 3.78. The highest BCUT2D eigenvalue weighted by atomic mass is 79.9. The van der Waals surface area contributed by atoms with Crippen molar-refractivity contribution < 1.29 is 9.18 Å². The molecule has 1 amide bonds. The summed E-state index contributed by atoms with van der Waals surface area (Å²) in [5.74, 6) is -0.359. The summed E-state index contributed by atoms with van der Waals surface area (Å²) in [5.41, 5.74) is 7.84. The Bertz CT molecular complexity index is 657. The van der Waals surface area contributed by atoms with Gasteiger partial charge in [-0.25, -0.2) is 4.39 Å². The summed E-state index contributed by atoms with van der Waals surface area (Å²) >= 11 is 3.39. The molecule has 3 nitrogen and oxygen atoms in total. The molecule has 3 rings (SSSR count). The van der Waals surface area contributed by atoms with Crippen LogP contribution in [0.2, 0.25) is 0 Å². The first-order chi connectivity index (χ1) is 10.1. The molecule has 1 saturated heterocycles. The number of nitrogens with zero attached hydrogens (tertiary/aromatic N) is 1. The van der Waals surface area contributed by atoms with Crippen LogP contribution >= 0.6 is 15.9 Å². The number of benzene rings is 2. The maximum absolute atomic E-state index is 12.9. The molecule has 0 aliphatic carbocycles. The quantitative estimate of drug-likeness (QED) is 0.866. The fraction of sp³-hybridized carbons (Fsp3) is 0.188. The van der Waals surface area contributed by atoms with Crippen molar-refractivity contribution in [3.05, 3.63) is 69.9 Å². The van der Waals surface area contributed by atoms with Crippen molar-refractivity contribution in [1.29, 1.82) is 0 Å². The maximum Gasteiger partial charge on any atom is 0.242 e. The van der Waals surface area contributed by atoms with E-state index in [-0.39, 0.29) is 17.8 Å². The molecule has 2 aromatic carbocycles. The Hall–Kier alpha value is -1.72. The number of nitrogens with two attached hydrogens (primary N) is 1. The van der Waals surface area contributed by atoms with Crippen LogP contribution in [0.1, 0.15) is 17.2 Å². The number of hydrogen-bond donors (Lipinski definition) is 1. The standard InChI is InChI=1S/C16H14BrFN2O/c17-12-5-3-11(4-6-12)15-14(19)16(21)20(15)9-10-1-7-13(18)8-2-10/h1-8,14-15H,9,19H2/t14-,15+/m1/s1. The van der Waals surface area contributed by atoms with Gasteiger partial charge in [0.25, 0.3) is 0 Å². The van der Waals surface area contributed by atoms with Crippen LogP contribution in [-0.4, -0.2) is 16.8 Å². The van der Waals surface area contributed by atoms with Crippen LogP contribution in [0.25, 0.3) is 0 Å². The molecule has 0 radical (unpaired) electrons. The summed E-state index contributed by atoms with van der Waals surface area (Å²) in [5, 5.41) is 0. The average molecular weight is 349 g/mol. The molecule has 21 heavy (non-hydrogen) atoms. The summed E-state index contributed by atoms with van der Waals surface area (Å²) in [4.78, 5) is 13.7. The lowest BCUT2D eigenvalue weighted by Gasteiger charge is -2.45. The van der Waals surface area contributed by atoms with Crippen molar-refractivity contribution in [1.82, 2.24) is 4.90 Å². The van der Waals surface area contributed by atoms with E-state index in [1.54, 1.807) is 17.0 Å². The molecule has 2 atom stereocenters. The number of carbonyl (C=O) groups is 1. The van der Waals surface area contributed by atoms with Gasteiger partial charge in [0.1, 0.15) is 11.9 Å². The molecule has 1 aliphatic heterocycles. The Labute approximate surface area is 130 Å². The third-order valence-electron chi connectivity index (χ3n) is 3.72. The predicted molar refractivity (Wildman–Crippen MR) is 81.8 cm³/mol. The number of likely N-dealkylation sites (tertiary alicyclic amines) is 1. The van der Waals surface area contributed by atoms with Gasteiger partial charge in [-0.3, -0.25) is 4.79 Å². The van der Waals surface area contributed by atoms with Gasteiger partial charge in [-0.2, -0.15) is 0 Å². The number of hydrogen-bond acceptors (Lipinski definition) is 2. The third kappa shape index (κ3) is 2.71. The lowest BCUT2D eigenvalue weighted by Crippen LogP contribution is -2.62. The van der Waals surface area contributed by atoms with E-state index in [0.717, 1.165) is 15.6 Å². The van der Waals surface area contributed by atoms with E-state index in [2.05, 4.69) is 15.9 Å². The van der Waals surface area contributed by atoms with Gasteiger partial charge in [0, 0.05) is 11.0 Å². The van der Waals surface area contributed by atoms with Crippen molar-refractivity contribution in [2.75, 3.05) is 0 Å². The normalized spacial score (nSPS) is 21.3. The van der Waals surface area contributed by atoms with Crippen molar-refractivity contribution in [2.24, 2.45) is 5.73 Å². The number of β-lactam (4-membered cyclic amide) rings is 1. The lowest BCUT2D eigenvalue weighted by molar-refractivity contribution is -0.150. The van der Waals surface area contributed by atoms with Gasteiger partial charge in [-0.05, 0) is 35.4 Å². The first kappa shape index (κ1) is 14.2. The van der Waals surface area contributed by atoms with Crippen molar-refractivity contribution >= 4 is 21.8 Å². The molecule has 0 unspecified atom stereocenters. The second kappa shape index (κ2) is 5.58. The van der Waals surface area contributed by atoms with E-state index in [1.807, 2.05) is 24.3 Å². The highest BCUT2D eigenvalue weighted by molar-refractivity contribution is 9.10. The van der Waals surface area contributed by atoms with Crippen LogP contribution in [-0.2, 0) is 11.3 Å². The largest absolute Gasteiger partial charge is 0.328 e. The van der Waals surface area contributed by atoms with Crippen LogP contribution < -0.4 is 5.73 Å². The average Bonchev–Trinajstić information content (AvgIpc) is 2.50. The van der Waals surface area contributed by atoms with Gasteiger partial charge >= 0.3 is 0 Å². The molecule has 5 heteroatoms. The van der Waals surface area contributed by atoms with E-state index in [4.69, 9.17) is 5.73 Å². The number of amides is 1. The Morgan fingerprint density at radius 2 is 1.71 bits per heavy atom. The van der Waals surface area contributed by atoms with E-state index in [9.17, 15) is 9.18 Å². The molecule has 1 fully saturated rings. The van der Waals surface area contributed by atoms with E-state index < -0.39 is 6.04 Å². The molecule has 1 aliphatic rings. The molecule has 0 aromatic heterocycles. The highest BCUT2D eigenvalue weighted by Gasteiger charge is 2.45. The summed E-state index contributed by atoms with van der Waals surface area (Å²) in [6.45, 7) is 0.438. The van der Waals surface area contributed by atoms with Crippen LogP contribution in [0.3, 0.4) is 0 Å². The lowest BCUT2D eigenvalue weighted by atomic mass is 9.88. The minimum atomic E-state index is -0.508. The minimum absolute atomic E-state index is 0.0766. The molecular weight excluding hydrogens is 335 g/mol. The van der Waals surface area contributed by atoms with Gasteiger partial charge in [0.2, 0.25) is 5.91 Å². The molecule has 108 valence electrons. The SMILES string of the molecule is N[C@H]1C(=O)N(Cc2ccc(F)cc2)[C@H]1c1ccc(Br)cc1. The number of halogens is 2. The van der Waals surface area contributed by atoms with Crippen LogP contribution in [0.4, 0.5) is 4.39 Å². The van der Waals surface area contributed by atoms with Crippen molar-refractivity contribution in [2.45, 2.75) is 18.6 Å². The van der Waals surface area contributed by atoms with Crippen molar-refractivity contribution in [3.8, 4) is 0 Å². The zero-order chi connectivity index (χ0) is 15.0. The minimum Gasteiger partial charge on any atom is -0.328 e. The Morgan fingerprint density at radius 1 is 1.10 bits per heavy atom. The van der Waals surface area contributed by atoms with Gasteiger partial charge in [0.15, 0.2) is 0 Å². The first-order valence-electron chi connectivity index (χ1n) is 6.62. The van der Waals surface area contributed by atoms with Gasteiger partial charge < -0.3 is 10.6 Å². The maximum atomic E-state index is 12.9. The summed E-state index contributed by atoms with van der Waals surface area (Å²) < 4.78 is 13.9. The third-order valence-corrected chi connectivity index (χ3v) is 4.25. The fourth-order valence-corrected chi connectivity index (χ4v) is 2.85. The second-order valence-corrected chi connectivity index (χ2v) is 6.03. The summed E-state index contributed by atoms with van der Waals surface area (Å²) in [6, 6.07) is 13.3. The smallest absolute Gasteiger partial charge is 0.242 e. The first-order valence-corrected chi connectivity index (χ1v) is 7.41. The van der Waals surface area contributed by atoms with E-state index in [1.165, 1.54) is 12.1 Å². The highest BCUT2D eigenvalue weighted by Crippen LogP contribution is 2.35. The molecule has 0 bridgehead atoms. The Morgan fingerprint density at radius 3 is 2.33 bits per heavy atom. The van der Waals surface area contributed by atoms with Crippen LogP contribution in [0.15, 0.2) is 53.0 Å². The molecular formula is C16H14BrFN2O. The van der Waals surface area contributed by atoms with Crippen LogP contribution in [0, 0.1) is 5.82 Å². The van der Waals surface area contributed by atoms with Crippen molar-refractivity contribution in [3.63, 3.8) is 0 Å². The van der Waals surface area contributed by atoms with E-state index in [0.29, 0.717) is 6.54 Å². The molecule has 0 spiro atoms. The summed E-state index contributed by atoms with van der Waals surface area (Å²) in [7, 11) is 0. The van der Waals surface area contributed by atoms with Gasteiger partial charge in [-0.1, -0.05) is 40.2 Å². The van der Waals surface area contributed by atoms with E-state index >= 15 is 0 Å². The Balaban J connectivity index is 1.81. The molecule has 2 aromatic rings. The summed E-state index contributed by atoms with van der Waals surface area (Å²) in [6.07, 6.45) is 0. The fourth-order valence-electron chi connectivity index (χ4n) is 2.59. The molecule has 1 heterocycles. The zero-order valence-electron chi connectivity index (χ0n) is 11.2. The zero-order valence-corrected chi connectivity index (χ0v) is 12.8. The monoisotopic (exact) mass is 348 g/mol. The molecule has 0 saturated carbocycles. The van der Waals surface area contributed by atoms with Gasteiger partial charge in [-0.15, -0.1) is 0 Å².